The number of nitrogens with zero attached hydrogens (tertiary/aromatic N) is 2. The van der Waals surface area contributed by atoms with Crippen molar-refractivity contribution >= 4 is 11.7 Å². The first kappa shape index (κ1) is 19.4. The van der Waals surface area contributed by atoms with E-state index < -0.39 is 4.92 Å². The molecule has 26 heavy (non-hydrogen) atoms. The monoisotopic (exact) mass is 358 g/mol. The van der Waals surface area contributed by atoms with Crippen molar-refractivity contribution in [2.24, 2.45) is 0 Å². The van der Waals surface area contributed by atoms with Crippen LogP contribution in [0.4, 0.5) is 5.69 Å². The second-order valence-electron chi connectivity index (χ2n) is 5.70. The van der Waals surface area contributed by atoms with Gasteiger partial charge in [-0.2, -0.15) is 0 Å². The molecule has 0 N–H and O–H groups in total. The minimum absolute atomic E-state index is 0.0965. The van der Waals surface area contributed by atoms with Gasteiger partial charge in [0.1, 0.15) is 0 Å². The van der Waals surface area contributed by atoms with Crippen LogP contribution >= 0.6 is 0 Å². The van der Waals surface area contributed by atoms with Gasteiger partial charge in [0.2, 0.25) is 0 Å². The minimum atomic E-state index is -0.477. The van der Waals surface area contributed by atoms with E-state index in [4.69, 9.17) is 9.47 Å². The van der Waals surface area contributed by atoms with Gasteiger partial charge in [0, 0.05) is 19.2 Å². The highest BCUT2D eigenvalue weighted by atomic mass is 16.6. The maximum absolute atomic E-state index is 11.9. The Bertz CT molecular complexity index is 749. The molecule has 7 heteroatoms. The summed E-state index contributed by atoms with van der Waals surface area (Å²) in [5.41, 5.74) is 1.67. The molecule has 0 atom stereocenters. The molecule has 2 aromatic carbocycles. The molecular formula is C19H22N2O5. The summed E-state index contributed by atoms with van der Waals surface area (Å²) in [6.45, 7) is 3.07. The Morgan fingerprint density at radius 2 is 1.81 bits per heavy atom. The molecular weight excluding hydrogens is 336 g/mol. The highest BCUT2D eigenvalue weighted by Gasteiger charge is 2.18. The van der Waals surface area contributed by atoms with E-state index in [0.717, 1.165) is 11.1 Å². The van der Waals surface area contributed by atoms with Crippen molar-refractivity contribution in [3.63, 3.8) is 0 Å². The number of esters is 1. The van der Waals surface area contributed by atoms with Crippen LogP contribution in [0.25, 0.3) is 0 Å². The van der Waals surface area contributed by atoms with E-state index in [9.17, 15) is 14.9 Å². The van der Waals surface area contributed by atoms with E-state index >= 15 is 0 Å². The van der Waals surface area contributed by atoms with Crippen molar-refractivity contribution in [3.8, 4) is 5.75 Å². The molecule has 0 saturated heterocycles. The number of rotatable bonds is 9. The maximum atomic E-state index is 11.9. The van der Waals surface area contributed by atoms with Crippen molar-refractivity contribution < 1.29 is 19.2 Å². The Labute approximate surface area is 152 Å². The predicted octanol–water partition coefficient (Wildman–Crippen LogP) is 3.17. The number of methoxy groups -OCH3 is 1. The molecule has 0 unspecified atom stereocenters. The van der Waals surface area contributed by atoms with E-state index in [1.54, 1.807) is 19.1 Å². The van der Waals surface area contributed by atoms with Crippen LogP contribution in [-0.4, -0.2) is 36.1 Å². The van der Waals surface area contributed by atoms with Gasteiger partial charge in [0.05, 0.1) is 25.2 Å². The Kier molecular flexibility index (Phi) is 7.11. The lowest BCUT2D eigenvalue weighted by molar-refractivity contribution is -0.385. The van der Waals surface area contributed by atoms with Gasteiger partial charge in [-0.3, -0.25) is 19.8 Å². The van der Waals surface area contributed by atoms with Crippen molar-refractivity contribution in [2.45, 2.75) is 20.0 Å². The third kappa shape index (κ3) is 5.56. The average molecular weight is 358 g/mol. The Morgan fingerprint density at radius 3 is 2.42 bits per heavy atom. The van der Waals surface area contributed by atoms with Crippen LogP contribution in [0.1, 0.15) is 18.1 Å². The molecule has 0 aromatic heterocycles. The molecule has 0 heterocycles. The summed E-state index contributed by atoms with van der Waals surface area (Å²) in [6.07, 6.45) is 0. The average Bonchev–Trinajstić information content (AvgIpc) is 2.62. The van der Waals surface area contributed by atoms with Gasteiger partial charge < -0.3 is 9.47 Å². The molecule has 0 amide bonds. The third-order valence-corrected chi connectivity index (χ3v) is 3.75. The molecule has 0 saturated carbocycles. The lowest BCUT2D eigenvalue weighted by Gasteiger charge is -2.21. The highest BCUT2D eigenvalue weighted by Crippen LogP contribution is 2.28. The summed E-state index contributed by atoms with van der Waals surface area (Å²) in [5.74, 6) is -0.120. The van der Waals surface area contributed by atoms with Gasteiger partial charge in [-0.25, -0.2) is 0 Å². The SMILES string of the molecule is CCOC(=O)CN(Cc1ccccc1)Cc1ccc(OC)c([N+](=O)[O-])c1. The molecule has 0 spiro atoms. The topological polar surface area (TPSA) is 81.9 Å². The minimum Gasteiger partial charge on any atom is -0.490 e. The number of carbonyl (C=O) groups excluding carboxylic acids is 1. The summed E-state index contributed by atoms with van der Waals surface area (Å²) in [4.78, 5) is 24.5. The van der Waals surface area contributed by atoms with Gasteiger partial charge in [-0.15, -0.1) is 0 Å². The van der Waals surface area contributed by atoms with E-state index in [0.29, 0.717) is 19.7 Å². The van der Waals surface area contributed by atoms with Crippen LogP contribution < -0.4 is 4.74 Å². The van der Waals surface area contributed by atoms with Crippen LogP contribution in [0.2, 0.25) is 0 Å². The summed E-state index contributed by atoms with van der Waals surface area (Å²) >= 11 is 0. The zero-order valence-corrected chi connectivity index (χ0v) is 14.9. The second-order valence-corrected chi connectivity index (χ2v) is 5.70. The molecule has 0 radical (unpaired) electrons. The molecule has 0 bridgehead atoms. The number of nitro groups is 1. The fourth-order valence-corrected chi connectivity index (χ4v) is 2.63. The fraction of sp³-hybridized carbons (Fsp3) is 0.316. The first-order valence-electron chi connectivity index (χ1n) is 8.26. The zero-order valence-electron chi connectivity index (χ0n) is 14.9. The number of carbonyl (C=O) groups is 1. The van der Waals surface area contributed by atoms with E-state index in [1.807, 2.05) is 35.2 Å². The van der Waals surface area contributed by atoms with Gasteiger partial charge in [0.25, 0.3) is 0 Å². The summed E-state index contributed by atoms with van der Waals surface area (Å²) < 4.78 is 10.1. The number of hydrogen-bond acceptors (Lipinski definition) is 6. The van der Waals surface area contributed by atoms with Crippen LogP contribution in [-0.2, 0) is 22.6 Å². The van der Waals surface area contributed by atoms with Crippen molar-refractivity contribution in [1.29, 1.82) is 0 Å². The smallest absolute Gasteiger partial charge is 0.320 e. The van der Waals surface area contributed by atoms with Gasteiger partial charge >= 0.3 is 11.7 Å². The number of ether oxygens (including phenoxy) is 2. The van der Waals surface area contributed by atoms with Crippen LogP contribution in [0.15, 0.2) is 48.5 Å². The van der Waals surface area contributed by atoms with Crippen molar-refractivity contribution in [3.05, 3.63) is 69.8 Å². The standard InChI is InChI=1S/C19H22N2O5/c1-3-26-19(22)14-20(12-15-7-5-4-6-8-15)13-16-9-10-18(25-2)17(11-16)21(23)24/h4-11H,3,12-14H2,1-2H3. The first-order valence-corrected chi connectivity index (χ1v) is 8.26. The molecule has 0 aliphatic carbocycles. The van der Waals surface area contributed by atoms with Crippen molar-refractivity contribution in [1.82, 2.24) is 4.90 Å². The molecule has 0 fully saturated rings. The molecule has 138 valence electrons. The van der Waals surface area contributed by atoms with Gasteiger partial charge in [-0.1, -0.05) is 36.4 Å². The zero-order chi connectivity index (χ0) is 18.9. The molecule has 0 aliphatic heterocycles. The maximum Gasteiger partial charge on any atom is 0.320 e. The molecule has 2 rings (SSSR count). The second kappa shape index (κ2) is 9.53. The van der Waals surface area contributed by atoms with E-state index in [-0.39, 0.29) is 24.0 Å². The number of hydrogen-bond donors (Lipinski definition) is 0. The third-order valence-electron chi connectivity index (χ3n) is 3.75. The van der Waals surface area contributed by atoms with E-state index in [2.05, 4.69) is 0 Å². The first-order chi connectivity index (χ1) is 12.5. The molecule has 7 nitrogen and oxygen atoms in total. The van der Waals surface area contributed by atoms with Crippen molar-refractivity contribution in [2.75, 3.05) is 20.3 Å². The van der Waals surface area contributed by atoms with Crippen LogP contribution in [0.3, 0.4) is 0 Å². The van der Waals surface area contributed by atoms with Gasteiger partial charge in [-0.05, 0) is 24.1 Å². The molecule has 0 aliphatic rings. The quantitative estimate of drug-likeness (QED) is 0.389. The lowest BCUT2D eigenvalue weighted by Crippen LogP contribution is -2.30. The summed E-state index contributed by atoms with van der Waals surface area (Å²) in [7, 11) is 1.39. The van der Waals surface area contributed by atoms with Crippen LogP contribution in [0.5, 0.6) is 5.75 Å². The lowest BCUT2D eigenvalue weighted by atomic mass is 10.1. The molecule has 2 aromatic rings. The largest absolute Gasteiger partial charge is 0.490 e. The fourth-order valence-electron chi connectivity index (χ4n) is 2.63. The Morgan fingerprint density at radius 1 is 1.12 bits per heavy atom. The van der Waals surface area contributed by atoms with E-state index in [1.165, 1.54) is 13.2 Å². The predicted molar refractivity (Wildman–Crippen MR) is 96.8 cm³/mol. The number of benzene rings is 2. The van der Waals surface area contributed by atoms with Crippen LogP contribution in [0, 0.1) is 10.1 Å². The Hall–Kier alpha value is -2.93. The summed E-state index contributed by atoms with van der Waals surface area (Å²) in [6, 6.07) is 14.5. The normalized spacial score (nSPS) is 10.6. The Balaban J connectivity index is 2.20. The number of nitro benzene ring substituents is 1. The highest BCUT2D eigenvalue weighted by molar-refractivity contribution is 5.71. The van der Waals surface area contributed by atoms with Gasteiger partial charge in [0.15, 0.2) is 5.75 Å². The summed E-state index contributed by atoms with van der Waals surface area (Å²) in [5, 5.41) is 11.2.